The lowest BCUT2D eigenvalue weighted by Gasteiger charge is -2.12. The monoisotopic (exact) mass is 261 g/mol. The highest BCUT2D eigenvalue weighted by Crippen LogP contribution is 2.17. The molecule has 18 heavy (non-hydrogen) atoms. The van der Waals surface area contributed by atoms with Crippen molar-refractivity contribution in [1.82, 2.24) is 5.32 Å². The topological polar surface area (TPSA) is 21.3 Å². The van der Waals surface area contributed by atoms with Crippen LogP contribution in [0.5, 0.6) is 5.75 Å². The van der Waals surface area contributed by atoms with Gasteiger partial charge in [-0.15, -0.1) is 11.3 Å². The van der Waals surface area contributed by atoms with Crippen molar-refractivity contribution in [2.75, 3.05) is 13.2 Å². The van der Waals surface area contributed by atoms with Crippen LogP contribution in [-0.4, -0.2) is 13.2 Å². The van der Waals surface area contributed by atoms with Crippen molar-refractivity contribution >= 4 is 11.3 Å². The van der Waals surface area contributed by atoms with Crippen LogP contribution in [0.1, 0.15) is 24.3 Å². The molecule has 0 aliphatic rings. The van der Waals surface area contributed by atoms with Gasteiger partial charge in [0.2, 0.25) is 0 Å². The quantitative estimate of drug-likeness (QED) is 0.764. The molecule has 96 valence electrons. The van der Waals surface area contributed by atoms with Crippen LogP contribution < -0.4 is 10.1 Å². The summed E-state index contributed by atoms with van der Waals surface area (Å²) in [7, 11) is 0. The zero-order valence-corrected chi connectivity index (χ0v) is 11.5. The molecule has 0 radical (unpaired) electrons. The van der Waals surface area contributed by atoms with E-state index < -0.39 is 0 Å². The molecule has 2 nitrogen and oxygen atoms in total. The molecule has 2 aromatic rings. The summed E-state index contributed by atoms with van der Waals surface area (Å²) in [6, 6.07) is 14.7. The van der Waals surface area contributed by atoms with E-state index in [-0.39, 0.29) is 0 Å². The third-order valence-electron chi connectivity index (χ3n) is 2.75. The average Bonchev–Trinajstić information content (AvgIpc) is 2.93. The van der Waals surface area contributed by atoms with Crippen LogP contribution in [-0.2, 0) is 0 Å². The summed E-state index contributed by atoms with van der Waals surface area (Å²) >= 11 is 1.80. The van der Waals surface area contributed by atoms with Crippen LogP contribution in [0.2, 0.25) is 0 Å². The standard InChI is InChI=1S/C15H19NOS/c1-13(15-9-5-12-18-15)16-10-6-11-17-14-7-3-2-4-8-14/h2-5,7-9,12-13,16H,6,10-11H2,1H3/t13-/m1/s1. The van der Waals surface area contributed by atoms with Crippen molar-refractivity contribution in [3.63, 3.8) is 0 Å². The Labute approximate surface area is 113 Å². The number of para-hydroxylation sites is 1. The van der Waals surface area contributed by atoms with Gasteiger partial charge in [-0.2, -0.15) is 0 Å². The molecule has 1 heterocycles. The number of thiophene rings is 1. The minimum Gasteiger partial charge on any atom is -0.494 e. The second-order valence-corrected chi connectivity index (χ2v) is 5.19. The summed E-state index contributed by atoms with van der Waals surface area (Å²) in [5.74, 6) is 0.948. The van der Waals surface area contributed by atoms with Crippen LogP contribution in [0.4, 0.5) is 0 Å². The number of ether oxygens (including phenoxy) is 1. The van der Waals surface area contributed by atoms with Crippen molar-refractivity contribution in [2.45, 2.75) is 19.4 Å². The first kappa shape index (κ1) is 13.1. The lowest BCUT2D eigenvalue weighted by molar-refractivity contribution is 0.306. The molecule has 1 N–H and O–H groups in total. The van der Waals surface area contributed by atoms with Crippen LogP contribution in [0, 0.1) is 0 Å². The number of hydrogen-bond donors (Lipinski definition) is 1. The molecule has 3 heteroatoms. The summed E-state index contributed by atoms with van der Waals surface area (Å²) < 4.78 is 5.64. The van der Waals surface area contributed by atoms with Gasteiger partial charge in [-0.3, -0.25) is 0 Å². The minimum atomic E-state index is 0.432. The van der Waals surface area contributed by atoms with Gasteiger partial charge >= 0.3 is 0 Å². The van der Waals surface area contributed by atoms with Gasteiger partial charge in [0, 0.05) is 10.9 Å². The lowest BCUT2D eigenvalue weighted by atomic mass is 10.2. The Bertz CT molecular complexity index is 427. The summed E-state index contributed by atoms with van der Waals surface area (Å²) in [4.78, 5) is 1.39. The first-order chi connectivity index (χ1) is 8.86. The summed E-state index contributed by atoms with van der Waals surface area (Å²) in [5, 5.41) is 5.62. The largest absolute Gasteiger partial charge is 0.494 e. The molecule has 2 rings (SSSR count). The van der Waals surface area contributed by atoms with E-state index in [0.717, 1.165) is 25.3 Å². The van der Waals surface area contributed by atoms with Gasteiger partial charge < -0.3 is 10.1 Å². The van der Waals surface area contributed by atoms with Crippen LogP contribution >= 0.6 is 11.3 Å². The van der Waals surface area contributed by atoms with Gasteiger partial charge in [-0.1, -0.05) is 24.3 Å². The van der Waals surface area contributed by atoms with Gasteiger partial charge in [-0.05, 0) is 43.5 Å². The molecule has 0 aliphatic carbocycles. The average molecular weight is 261 g/mol. The summed E-state index contributed by atoms with van der Waals surface area (Å²) in [5.41, 5.74) is 0. The van der Waals surface area contributed by atoms with E-state index in [1.165, 1.54) is 4.88 Å². The molecule has 0 fully saturated rings. The van der Waals surface area contributed by atoms with Gasteiger partial charge in [0.1, 0.15) is 5.75 Å². The van der Waals surface area contributed by atoms with E-state index in [1.54, 1.807) is 11.3 Å². The predicted octanol–water partition coefficient (Wildman–Crippen LogP) is 3.87. The Hall–Kier alpha value is -1.32. The first-order valence-electron chi connectivity index (χ1n) is 6.31. The molecule has 1 aromatic heterocycles. The number of hydrogen-bond acceptors (Lipinski definition) is 3. The fraction of sp³-hybridized carbons (Fsp3) is 0.333. The molecule has 0 saturated carbocycles. The van der Waals surface area contributed by atoms with E-state index in [9.17, 15) is 0 Å². The van der Waals surface area contributed by atoms with Crippen molar-refractivity contribution in [3.05, 3.63) is 52.7 Å². The SMILES string of the molecule is C[C@@H](NCCCOc1ccccc1)c1cccs1. The van der Waals surface area contributed by atoms with Gasteiger partial charge in [0.15, 0.2) is 0 Å². The van der Waals surface area contributed by atoms with E-state index in [2.05, 4.69) is 29.8 Å². The Morgan fingerprint density at radius 1 is 1.17 bits per heavy atom. The Morgan fingerprint density at radius 3 is 2.72 bits per heavy atom. The van der Waals surface area contributed by atoms with E-state index in [0.29, 0.717) is 6.04 Å². The maximum atomic E-state index is 5.64. The van der Waals surface area contributed by atoms with Crippen LogP contribution in [0.15, 0.2) is 47.8 Å². The molecular weight excluding hydrogens is 242 g/mol. The van der Waals surface area contributed by atoms with Crippen molar-refractivity contribution in [2.24, 2.45) is 0 Å². The molecular formula is C15H19NOS. The maximum Gasteiger partial charge on any atom is 0.119 e. The zero-order valence-electron chi connectivity index (χ0n) is 10.6. The molecule has 1 aromatic carbocycles. The second kappa shape index (κ2) is 7.19. The van der Waals surface area contributed by atoms with Crippen molar-refractivity contribution in [1.29, 1.82) is 0 Å². The third-order valence-corrected chi connectivity index (χ3v) is 3.81. The highest BCUT2D eigenvalue weighted by Gasteiger charge is 2.04. The maximum absolute atomic E-state index is 5.64. The normalized spacial score (nSPS) is 12.3. The highest BCUT2D eigenvalue weighted by molar-refractivity contribution is 7.10. The van der Waals surface area contributed by atoms with Crippen molar-refractivity contribution < 1.29 is 4.74 Å². The highest BCUT2D eigenvalue weighted by atomic mass is 32.1. The Kier molecular flexibility index (Phi) is 5.24. The fourth-order valence-electron chi connectivity index (χ4n) is 1.74. The van der Waals surface area contributed by atoms with Crippen molar-refractivity contribution in [3.8, 4) is 5.75 Å². The fourth-order valence-corrected chi connectivity index (χ4v) is 2.49. The molecule has 0 spiro atoms. The van der Waals surface area contributed by atoms with Gasteiger partial charge in [0.05, 0.1) is 6.61 Å². The third kappa shape index (κ3) is 4.17. The van der Waals surface area contributed by atoms with Crippen LogP contribution in [0.3, 0.4) is 0 Å². The number of nitrogens with one attached hydrogen (secondary N) is 1. The number of rotatable bonds is 7. The molecule has 0 unspecified atom stereocenters. The molecule has 0 amide bonds. The molecule has 0 saturated heterocycles. The van der Waals surface area contributed by atoms with E-state index in [1.807, 2.05) is 30.3 Å². The van der Waals surface area contributed by atoms with E-state index in [4.69, 9.17) is 4.74 Å². The minimum absolute atomic E-state index is 0.432. The van der Waals surface area contributed by atoms with Crippen LogP contribution in [0.25, 0.3) is 0 Å². The molecule has 0 aliphatic heterocycles. The molecule has 1 atom stereocenters. The molecule has 0 bridgehead atoms. The Balaban J connectivity index is 1.59. The zero-order chi connectivity index (χ0) is 12.6. The predicted molar refractivity (Wildman–Crippen MR) is 77.3 cm³/mol. The summed E-state index contributed by atoms with van der Waals surface area (Å²) in [6.07, 6.45) is 1.02. The lowest BCUT2D eigenvalue weighted by Crippen LogP contribution is -2.20. The first-order valence-corrected chi connectivity index (χ1v) is 7.19. The van der Waals surface area contributed by atoms with Gasteiger partial charge in [0.25, 0.3) is 0 Å². The second-order valence-electron chi connectivity index (χ2n) is 4.21. The Morgan fingerprint density at radius 2 is 2.00 bits per heavy atom. The van der Waals surface area contributed by atoms with Gasteiger partial charge in [-0.25, -0.2) is 0 Å². The number of benzene rings is 1. The smallest absolute Gasteiger partial charge is 0.119 e. The summed E-state index contributed by atoms with van der Waals surface area (Å²) in [6.45, 7) is 3.93. The van der Waals surface area contributed by atoms with E-state index >= 15 is 0 Å².